The molecule has 1 rings (SSSR count). The van der Waals surface area contributed by atoms with E-state index in [0.29, 0.717) is 12.2 Å². The summed E-state index contributed by atoms with van der Waals surface area (Å²) in [4.78, 5) is 15.3. The second-order valence-corrected chi connectivity index (χ2v) is 3.69. The Morgan fingerprint density at radius 3 is 2.94 bits per heavy atom. The first-order chi connectivity index (χ1) is 8.61. The van der Waals surface area contributed by atoms with Crippen LogP contribution in [0.15, 0.2) is 29.3 Å². The third-order valence-corrected chi connectivity index (χ3v) is 2.06. The Morgan fingerprint density at radius 2 is 2.28 bits per heavy atom. The Morgan fingerprint density at radius 1 is 1.50 bits per heavy atom. The number of halogens is 1. The molecule has 0 fully saturated rings. The lowest BCUT2D eigenvalue weighted by atomic mass is 10.3. The normalized spacial score (nSPS) is 11.1. The number of amides is 1. The lowest BCUT2D eigenvalue weighted by Crippen LogP contribution is -2.33. The van der Waals surface area contributed by atoms with Crippen LogP contribution in [0.4, 0.5) is 10.1 Å². The van der Waals surface area contributed by atoms with Crippen molar-refractivity contribution < 1.29 is 9.18 Å². The number of nitrogens with zero attached hydrogens (tertiary/aromatic N) is 1. The van der Waals surface area contributed by atoms with Crippen molar-refractivity contribution in [3.8, 4) is 0 Å². The maximum absolute atomic E-state index is 12.9. The van der Waals surface area contributed by atoms with Crippen molar-refractivity contribution >= 4 is 17.6 Å². The molecule has 1 aromatic rings. The molecule has 0 unspecified atom stereocenters. The van der Waals surface area contributed by atoms with Crippen LogP contribution >= 0.6 is 0 Å². The summed E-state index contributed by atoms with van der Waals surface area (Å²) in [5.74, 6) is -0.520. The van der Waals surface area contributed by atoms with Crippen molar-refractivity contribution in [3.05, 3.63) is 30.1 Å². The highest BCUT2D eigenvalue weighted by molar-refractivity contribution is 5.93. The zero-order valence-corrected chi connectivity index (χ0v) is 10.2. The topological polar surface area (TPSA) is 79.5 Å². The van der Waals surface area contributed by atoms with E-state index in [4.69, 9.17) is 5.73 Å². The molecule has 18 heavy (non-hydrogen) atoms. The van der Waals surface area contributed by atoms with Gasteiger partial charge in [0.2, 0.25) is 5.91 Å². The number of hydrogen-bond acceptors (Lipinski definition) is 2. The van der Waals surface area contributed by atoms with Gasteiger partial charge in [-0.1, -0.05) is 13.0 Å². The molecule has 0 saturated carbocycles. The van der Waals surface area contributed by atoms with Gasteiger partial charge in [-0.25, -0.2) is 9.38 Å². The first-order valence-electron chi connectivity index (χ1n) is 5.71. The van der Waals surface area contributed by atoms with E-state index in [9.17, 15) is 9.18 Å². The zero-order chi connectivity index (χ0) is 13.4. The van der Waals surface area contributed by atoms with Crippen molar-refractivity contribution in [1.82, 2.24) is 5.32 Å². The first-order valence-corrected chi connectivity index (χ1v) is 5.71. The molecule has 1 aromatic carbocycles. The lowest BCUT2D eigenvalue weighted by Gasteiger charge is -2.05. The second-order valence-electron chi connectivity index (χ2n) is 3.69. The predicted octanol–water partition coefficient (Wildman–Crippen LogP) is 1.08. The Bertz CT molecular complexity index is 434. The number of aliphatic imine (C=N–C) groups is 1. The number of nitrogens with one attached hydrogen (secondary N) is 2. The summed E-state index contributed by atoms with van der Waals surface area (Å²) in [5.41, 5.74) is 5.92. The monoisotopic (exact) mass is 252 g/mol. The van der Waals surface area contributed by atoms with Crippen LogP contribution in [0.25, 0.3) is 0 Å². The van der Waals surface area contributed by atoms with Gasteiger partial charge in [0, 0.05) is 12.2 Å². The minimum absolute atomic E-state index is 0.0982. The predicted molar refractivity (Wildman–Crippen MR) is 69.8 cm³/mol. The van der Waals surface area contributed by atoms with Gasteiger partial charge in [0.1, 0.15) is 12.4 Å². The molecule has 0 atom stereocenters. The smallest absolute Gasteiger partial charge is 0.246 e. The molecular formula is C12H17FN4O. The maximum atomic E-state index is 12.9. The number of anilines is 1. The van der Waals surface area contributed by atoms with Crippen LogP contribution in [-0.2, 0) is 4.79 Å². The van der Waals surface area contributed by atoms with Crippen LogP contribution in [0.5, 0.6) is 0 Å². The van der Waals surface area contributed by atoms with Gasteiger partial charge in [0.15, 0.2) is 5.96 Å². The number of hydrogen-bond donors (Lipinski definition) is 3. The molecule has 5 nitrogen and oxygen atoms in total. The highest BCUT2D eigenvalue weighted by Crippen LogP contribution is 2.08. The molecule has 98 valence electrons. The van der Waals surface area contributed by atoms with E-state index in [0.717, 1.165) is 6.42 Å². The molecule has 0 aliphatic heterocycles. The van der Waals surface area contributed by atoms with E-state index in [1.807, 2.05) is 6.92 Å². The van der Waals surface area contributed by atoms with Gasteiger partial charge in [-0.2, -0.15) is 0 Å². The molecule has 0 aliphatic rings. The number of nitrogens with two attached hydrogens (primary N) is 1. The lowest BCUT2D eigenvalue weighted by molar-refractivity contribution is -0.114. The molecule has 0 aromatic heterocycles. The van der Waals surface area contributed by atoms with E-state index < -0.39 is 5.82 Å². The highest BCUT2D eigenvalue weighted by atomic mass is 19.1. The second kappa shape index (κ2) is 7.26. The quantitative estimate of drug-likeness (QED) is 0.542. The third kappa shape index (κ3) is 5.29. The summed E-state index contributed by atoms with van der Waals surface area (Å²) in [6, 6.07) is 5.66. The van der Waals surface area contributed by atoms with Gasteiger partial charge in [-0.15, -0.1) is 0 Å². The molecule has 6 heteroatoms. The van der Waals surface area contributed by atoms with Gasteiger partial charge >= 0.3 is 0 Å². The molecule has 1 amide bonds. The number of rotatable bonds is 5. The van der Waals surface area contributed by atoms with Crippen molar-refractivity contribution in [3.63, 3.8) is 0 Å². The molecule has 0 aliphatic carbocycles. The Labute approximate surface area is 105 Å². The number of carbonyl (C=O) groups excluding carboxylic acids is 1. The zero-order valence-electron chi connectivity index (χ0n) is 10.2. The summed E-state index contributed by atoms with van der Waals surface area (Å²) < 4.78 is 12.9. The fourth-order valence-electron chi connectivity index (χ4n) is 1.23. The van der Waals surface area contributed by atoms with Crippen molar-refractivity contribution in [2.45, 2.75) is 13.3 Å². The highest BCUT2D eigenvalue weighted by Gasteiger charge is 2.02. The van der Waals surface area contributed by atoms with Crippen LogP contribution in [0.1, 0.15) is 13.3 Å². The number of benzene rings is 1. The third-order valence-electron chi connectivity index (χ3n) is 2.06. The molecule has 0 radical (unpaired) electrons. The number of guanidine groups is 1. The maximum Gasteiger partial charge on any atom is 0.246 e. The van der Waals surface area contributed by atoms with Crippen LogP contribution in [0.2, 0.25) is 0 Å². The van der Waals surface area contributed by atoms with Gasteiger partial charge in [-0.05, 0) is 24.6 Å². The van der Waals surface area contributed by atoms with Gasteiger partial charge in [-0.3, -0.25) is 4.79 Å². The van der Waals surface area contributed by atoms with E-state index in [2.05, 4.69) is 15.6 Å². The standard InChI is InChI=1S/C12H17FN4O/c1-2-6-15-12(14)16-8-11(18)17-10-5-3-4-9(13)7-10/h3-5,7H,2,6,8H2,1H3,(H,17,18)(H3,14,15,16). The molecular weight excluding hydrogens is 235 g/mol. The SMILES string of the molecule is CCCNC(N)=NCC(=O)Nc1cccc(F)c1. The molecule has 0 bridgehead atoms. The van der Waals surface area contributed by atoms with Crippen LogP contribution < -0.4 is 16.4 Å². The van der Waals surface area contributed by atoms with E-state index in [1.54, 1.807) is 6.07 Å². The summed E-state index contributed by atoms with van der Waals surface area (Å²) in [7, 11) is 0. The first kappa shape index (κ1) is 14.0. The fourth-order valence-corrected chi connectivity index (χ4v) is 1.23. The van der Waals surface area contributed by atoms with Gasteiger partial charge in [0.05, 0.1) is 0 Å². The molecule has 0 saturated heterocycles. The van der Waals surface area contributed by atoms with Crippen LogP contribution in [0, 0.1) is 5.82 Å². The van der Waals surface area contributed by atoms with Crippen LogP contribution in [0.3, 0.4) is 0 Å². The van der Waals surface area contributed by atoms with Crippen LogP contribution in [-0.4, -0.2) is 25.0 Å². The average Bonchev–Trinajstić information content (AvgIpc) is 2.34. The summed E-state index contributed by atoms with van der Waals surface area (Å²) in [6.45, 7) is 2.61. The minimum atomic E-state index is -0.402. The summed E-state index contributed by atoms with van der Waals surface area (Å²) in [6.07, 6.45) is 0.922. The van der Waals surface area contributed by atoms with E-state index >= 15 is 0 Å². The average molecular weight is 252 g/mol. The van der Waals surface area contributed by atoms with Crippen molar-refractivity contribution in [2.75, 3.05) is 18.4 Å². The summed E-state index contributed by atoms with van der Waals surface area (Å²) in [5, 5.41) is 5.37. The minimum Gasteiger partial charge on any atom is -0.370 e. The largest absolute Gasteiger partial charge is 0.370 e. The number of carbonyl (C=O) groups is 1. The van der Waals surface area contributed by atoms with E-state index in [-0.39, 0.29) is 18.4 Å². The van der Waals surface area contributed by atoms with Crippen molar-refractivity contribution in [2.24, 2.45) is 10.7 Å². The van der Waals surface area contributed by atoms with E-state index in [1.165, 1.54) is 18.2 Å². The summed E-state index contributed by atoms with van der Waals surface area (Å²) >= 11 is 0. The van der Waals surface area contributed by atoms with Crippen molar-refractivity contribution in [1.29, 1.82) is 0 Å². The fraction of sp³-hybridized carbons (Fsp3) is 0.333. The van der Waals surface area contributed by atoms with Gasteiger partial charge < -0.3 is 16.4 Å². The molecule has 0 spiro atoms. The van der Waals surface area contributed by atoms with Gasteiger partial charge in [0.25, 0.3) is 0 Å². The Kier molecular flexibility index (Phi) is 5.63. The Hall–Kier alpha value is -2.11. The molecule has 0 heterocycles. The molecule has 4 N–H and O–H groups in total. The Balaban J connectivity index is 2.42.